The van der Waals surface area contributed by atoms with Gasteiger partial charge < -0.3 is 0 Å². The van der Waals surface area contributed by atoms with Crippen molar-refractivity contribution in [3.8, 4) is 0 Å². The van der Waals surface area contributed by atoms with Gasteiger partial charge in [0.1, 0.15) is 0 Å². The van der Waals surface area contributed by atoms with Gasteiger partial charge in [-0.15, -0.1) is 16.7 Å². The van der Waals surface area contributed by atoms with E-state index in [-0.39, 0.29) is 0 Å². The van der Waals surface area contributed by atoms with E-state index in [1.54, 1.807) is 23.3 Å². The number of hydrogen-bond donors (Lipinski definition) is 0. The van der Waals surface area contributed by atoms with Gasteiger partial charge >= 0.3 is 0 Å². The predicted molar refractivity (Wildman–Crippen MR) is 52.9 cm³/mol. The van der Waals surface area contributed by atoms with Crippen molar-refractivity contribution in [3.63, 3.8) is 0 Å². The molecule has 0 aromatic carbocycles. The van der Waals surface area contributed by atoms with Crippen molar-refractivity contribution in [1.82, 2.24) is 20.0 Å². The molecule has 0 bridgehead atoms. The largest absolute Gasteiger partial charge is 0.264 e. The molecule has 0 atom stereocenters. The molecule has 0 aliphatic heterocycles. The lowest BCUT2D eigenvalue weighted by Crippen LogP contribution is -2.05. The monoisotopic (exact) mass is 208 g/mol. The smallest absolute Gasteiger partial charge is 0.0738 e. The van der Waals surface area contributed by atoms with Gasteiger partial charge in [0.25, 0.3) is 0 Å². The molecule has 0 radical (unpaired) electrons. The molecule has 0 saturated heterocycles. The standard InChI is InChI=1S/C9H9ClN4/c10-4-9-6-12-13-14(9)7-8-2-1-3-11-5-8/h1-3,5-6H,4,7H2. The Bertz CT molecular complexity index is 398. The van der Waals surface area contributed by atoms with E-state index in [4.69, 9.17) is 11.6 Å². The number of alkyl halides is 1. The lowest BCUT2D eigenvalue weighted by atomic mass is 10.3. The van der Waals surface area contributed by atoms with Gasteiger partial charge in [-0.1, -0.05) is 11.3 Å². The molecular weight excluding hydrogens is 200 g/mol. The van der Waals surface area contributed by atoms with E-state index in [2.05, 4.69) is 15.3 Å². The maximum absolute atomic E-state index is 5.72. The summed E-state index contributed by atoms with van der Waals surface area (Å²) in [5.41, 5.74) is 2.00. The molecule has 72 valence electrons. The predicted octanol–water partition coefficient (Wildman–Crippen LogP) is 1.46. The normalized spacial score (nSPS) is 10.4. The second-order valence-electron chi connectivity index (χ2n) is 2.88. The molecule has 0 N–H and O–H groups in total. The van der Waals surface area contributed by atoms with E-state index in [0.29, 0.717) is 12.4 Å². The molecule has 0 aliphatic rings. The summed E-state index contributed by atoms with van der Waals surface area (Å²) in [5, 5.41) is 7.73. The van der Waals surface area contributed by atoms with Gasteiger partial charge in [-0.2, -0.15) is 0 Å². The first kappa shape index (κ1) is 9.15. The van der Waals surface area contributed by atoms with Gasteiger partial charge in [-0.3, -0.25) is 4.98 Å². The lowest BCUT2D eigenvalue weighted by Gasteiger charge is -2.02. The third kappa shape index (κ3) is 1.90. The van der Waals surface area contributed by atoms with Crippen molar-refractivity contribution in [2.45, 2.75) is 12.4 Å². The first-order valence-electron chi connectivity index (χ1n) is 4.22. The first-order chi connectivity index (χ1) is 6.90. The molecule has 2 rings (SSSR count). The zero-order chi connectivity index (χ0) is 9.80. The van der Waals surface area contributed by atoms with Gasteiger partial charge in [0.05, 0.1) is 24.3 Å². The fraction of sp³-hybridized carbons (Fsp3) is 0.222. The summed E-state index contributed by atoms with van der Waals surface area (Å²) in [6.07, 6.45) is 5.22. The topological polar surface area (TPSA) is 43.6 Å². The highest BCUT2D eigenvalue weighted by Crippen LogP contribution is 2.04. The van der Waals surface area contributed by atoms with E-state index in [1.165, 1.54) is 0 Å². The van der Waals surface area contributed by atoms with Crippen LogP contribution < -0.4 is 0 Å². The van der Waals surface area contributed by atoms with E-state index < -0.39 is 0 Å². The summed E-state index contributed by atoms with van der Waals surface area (Å²) in [4.78, 5) is 4.03. The molecule has 0 saturated carbocycles. The molecule has 4 nitrogen and oxygen atoms in total. The molecule has 0 unspecified atom stereocenters. The van der Waals surface area contributed by atoms with Crippen LogP contribution in [0.1, 0.15) is 11.3 Å². The fourth-order valence-electron chi connectivity index (χ4n) is 1.18. The Balaban J connectivity index is 2.19. The van der Waals surface area contributed by atoms with Crippen molar-refractivity contribution in [2.24, 2.45) is 0 Å². The molecule has 5 heteroatoms. The highest BCUT2D eigenvalue weighted by molar-refractivity contribution is 6.16. The summed E-state index contributed by atoms with van der Waals surface area (Å²) in [6, 6.07) is 3.89. The van der Waals surface area contributed by atoms with Crippen molar-refractivity contribution in [2.75, 3.05) is 0 Å². The van der Waals surface area contributed by atoms with Crippen LogP contribution in [0.15, 0.2) is 30.7 Å². The lowest BCUT2D eigenvalue weighted by molar-refractivity contribution is 0.629. The molecule has 0 fully saturated rings. The SMILES string of the molecule is ClCc1cnnn1Cc1cccnc1. The van der Waals surface area contributed by atoms with Crippen molar-refractivity contribution in [1.29, 1.82) is 0 Å². The maximum atomic E-state index is 5.72. The summed E-state index contributed by atoms with van der Waals surface area (Å²) in [6.45, 7) is 0.663. The van der Waals surface area contributed by atoms with Crippen LogP contribution in [0.5, 0.6) is 0 Å². The van der Waals surface area contributed by atoms with Crippen molar-refractivity contribution < 1.29 is 0 Å². The minimum atomic E-state index is 0.424. The van der Waals surface area contributed by atoms with E-state index >= 15 is 0 Å². The minimum absolute atomic E-state index is 0.424. The van der Waals surface area contributed by atoms with Crippen LogP contribution in [0.25, 0.3) is 0 Å². The minimum Gasteiger partial charge on any atom is -0.264 e. The number of hydrogen-bond acceptors (Lipinski definition) is 3. The van der Waals surface area contributed by atoms with Crippen LogP contribution in [0.4, 0.5) is 0 Å². The molecule has 14 heavy (non-hydrogen) atoms. The molecule has 0 aliphatic carbocycles. The molecule has 2 heterocycles. The third-order valence-electron chi connectivity index (χ3n) is 1.89. The first-order valence-corrected chi connectivity index (χ1v) is 4.76. The summed E-state index contributed by atoms with van der Waals surface area (Å²) in [5.74, 6) is 0.424. The van der Waals surface area contributed by atoms with E-state index in [0.717, 1.165) is 11.3 Å². The van der Waals surface area contributed by atoms with E-state index in [1.807, 2.05) is 12.1 Å². The number of pyridine rings is 1. The number of halogens is 1. The van der Waals surface area contributed by atoms with E-state index in [9.17, 15) is 0 Å². The fourth-order valence-corrected chi connectivity index (χ4v) is 1.39. The van der Waals surface area contributed by atoms with Crippen LogP contribution in [-0.2, 0) is 12.4 Å². The molecular formula is C9H9ClN4. The highest BCUT2D eigenvalue weighted by atomic mass is 35.5. The van der Waals surface area contributed by atoms with Crippen LogP contribution in [-0.4, -0.2) is 20.0 Å². The average Bonchev–Trinajstić information content (AvgIpc) is 2.67. The quantitative estimate of drug-likeness (QED) is 0.718. The summed E-state index contributed by atoms with van der Waals surface area (Å²) < 4.78 is 1.77. The van der Waals surface area contributed by atoms with Gasteiger partial charge in [-0.05, 0) is 11.6 Å². The van der Waals surface area contributed by atoms with Gasteiger partial charge in [-0.25, -0.2) is 4.68 Å². The molecule has 0 spiro atoms. The summed E-state index contributed by atoms with van der Waals surface area (Å²) >= 11 is 5.72. The second kappa shape index (κ2) is 4.19. The number of rotatable bonds is 3. The number of aromatic nitrogens is 4. The Labute approximate surface area is 86.5 Å². The van der Waals surface area contributed by atoms with Crippen molar-refractivity contribution >= 4 is 11.6 Å². The average molecular weight is 209 g/mol. The Morgan fingerprint density at radius 1 is 1.36 bits per heavy atom. The Morgan fingerprint density at radius 3 is 3.00 bits per heavy atom. The Hall–Kier alpha value is -1.42. The second-order valence-corrected chi connectivity index (χ2v) is 3.15. The van der Waals surface area contributed by atoms with Crippen LogP contribution >= 0.6 is 11.6 Å². The molecule has 2 aromatic heterocycles. The van der Waals surface area contributed by atoms with Crippen LogP contribution in [0.2, 0.25) is 0 Å². The summed E-state index contributed by atoms with van der Waals surface area (Å²) in [7, 11) is 0. The van der Waals surface area contributed by atoms with Gasteiger partial charge in [0.15, 0.2) is 0 Å². The highest BCUT2D eigenvalue weighted by Gasteiger charge is 2.02. The third-order valence-corrected chi connectivity index (χ3v) is 2.16. The number of nitrogens with zero attached hydrogens (tertiary/aromatic N) is 4. The van der Waals surface area contributed by atoms with Gasteiger partial charge in [0.2, 0.25) is 0 Å². The Morgan fingerprint density at radius 2 is 2.29 bits per heavy atom. The van der Waals surface area contributed by atoms with Crippen LogP contribution in [0, 0.1) is 0 Å². The Kier molecular flexibility index (Phi) is 2.74. The molecule has 0 amide bonds. The van der Waals surface area contributed by atoms with Crippen molar-refractivity contribution in [3.05, 3.63) is 42.0 Å². The molecule has 2 aromatic rings. The van der Waals surface area contributed by atoms with Crippen LogP contribution in [0.3, 0.4) is 0 Å². The maximum Gasteiger partial charge on any atom is 0.0738 e. The zero-order valence-corrected chi connectivity index (χ0v) is 8.22. The zero-order valence-electron chi connectivity index (χ0n) is 7.47. The van der Waals surface area contributed by atoms with Gasteiger partial charge in [0, 0.05) is 12.4 Å².